The largest absolute Gasteiger partial charge is 0.481 e. The van der Waals surface area contributed by atoms with Crippen LogP contribution in [0.5, 0.6) is 0 Å². The molecule has 0 bridgehead atoms. The van der Waals surface area contributed by atoms with Gasteiger partial charge < -0.3 is 5.11 Å². The summed E-state index contributed by atoms with van der Waals surface area (Å²) in [5.41, 5.74) is 0. The molecular formula is C15H32O2Si. The van der Waals surface area contributed by atoms with Crippen molar-refractivity contribution in [3.63, 3.8) is 0 Å². The van der Waals surface area contributed by atoms with Gasteiger partial charge in [0, 0.05) is 14.5 Å². The molecule has 2 nitrogen and oxygen atoms in total. The SMILES string of the molecule is CCCCCCCCCC[Si](C)(C)CCC(=O)O. The van der Waals surface area contributed by atoms with Gasteiger partial charge in [0.1, 0.15) is 0 Å². The highest BCUT2D eigenvalue weighted by atomic mass is 28.3. The summed E-state index contributed by atoms with van der Waals surface area (Å²) in [5, 5.41) is 8.71. The van der Waals surface area contributed by atoms with Crippen LogP contribution in [0.2, 0.25) is 25.2 Å². The first-order chi connectivity index (χ1) is 8.48. The number of aliphatic carboxylic acids is 1. The lowest BCUT2D eigenvalue weighted by Gasteiger charge is -2.21. The van der Waals surface area contributed by atoms with E-state index in [2.05, 4.69) is 20.0 Å². The quantitative estimate of drug-likeness (QED) is 0.386. The number of hydrogen-bond donors (Lipinski definition) is 1. The summed E-state index contributed by atoms with van der Waals surface area (Å²) >= 11 is 0. The fourth-order valence-corrected chi connectivity index (χ4v) is 4.66. The molecule has 18 heavy (non-hydrogen) atoms. The molecule has 0 radical (unpaired) electrons. The molecule has 0 aliphatic rings. The predicted molar refractivity (Wildman–Crippen MR) is 82.0 cm³/mol. The highest BCUT2D eigenvalue weighted by Gasteiger charge is 2.20. The molecule has 0 rings (SSSR count). The van der Waals surface area contributed by atoms with Gasteiger partial charge in [-0.25, -0.2) is 0 Å². The Kier molecular flexibility index (Phi) is 10.4. The van der Waals surface area contributed by atoms with Gasteiger partial charge in [-0.2, -0.15) is 0 Å². The number of unbranched alkanes of at least 4 members (excludes halogenated alkanes) is 7. The Morgan fingerprint density at radius 3 is 1.89 bits per heavy atom. The topological polar surface area (TPSA) is 37.3 Å². The third kappa shape index (κ3) is 12.2. The average Bonchev–Trinajstić information content (AvgIpc) is 2.30. The van der Waals surface area contributed by atoms with Crippen LogP contribution in [0.4, 0.5) is 0 Å². The Morgan fingerprint density at radius 1 is 0.889 bits per heavy atom. The number of hydrogen-bond acceptors (Lipinski definition) is 1. The van der Waals surface area contributed by atoms with E-state index < -0.39 is 14.0 Å². The zero-order chi connectivity index (χ0) is 13.9. The van der Waals surface area contributed by atoms with Crippen LogP contribution in [-0.4, -0.2) is 19.1 Å². The molecule has 0 spiro atoms. The Labute approximate surface area is 114 Å². The standard InChI is InChI=1S/C15H32O2Si/c1-4-5-6-7-8-9-10-11-13-18(2,3)14-12-15(16)17/h4-14H2,1-3H3,(H,16,17). The molecule has 0 aromatic carbocycles. The highest BCUT2D eigenvalue weighted by Crippen LogP contribution is 2.21. The van der Waals surface area contributed by atoms with Gasteiger partial charge in [0.25, 0.3) is 0 Å². The van der Waals surface area contributed by atoms with E-state index >= 15 is 0 Å². The van der Waals surface area contributed by atoms with Gasteiger partial charge in [0.05, 0.1) is 0 Å². The lowest BCUT2D eigenvalue weighted by Crippen LogP contribution is -2.25. The highest BCUT2D eigenvalue weighted by molar-refractivity contribution is 6.77. The minimum Gasteiger partial charge on any atom is -0.481 e. The molecule has 0 atom stereocenters. The lowest BCUT2D eigenvalue weighted by molar-refractivity contribution is -0.136. The minimum absolute atomic E-state index is 0.371. The van der Waals surface area contributed by atoms with Crippen molar-refractivity contribution >= 4 is 14.0 Å². The zero-order valence-electron chi connectivity index (χ0n) is 12.6. The van der Waals surface area contributed by atoms with Crippen molar-refractivity contribution in [2.24, 2.45) is 0 Å². The van der Waals surface area contributed by atoms with Crippen molar-refractivity contribution in [2.75, 3.05) is 0 Å². The first-order valence-electron chi connectivity index (χ1n) is 7.70. The summed E-state index contributed by atoms with van der Waals surface area (Å²) < 4.78 is 0. The molecule has 0 saturated heterocycles. The molecule has 0 saturated carbocycles. The van der Waals surface area contributed by atoms with Gasteiger partial charge >= 0.3 is 5.97 Å². The van der Waals surface area contributed by atoms with Crippen molar-refractivity contribution in [2.45, 2.75) is 89.9 Å². The van der Waals surface area contributed by atoms with Gasteiger partial charge in [0.15, 0.2) is 0 Å². The molecule has 0 aromatic heterocycles. The number of rotatable bonds is 12. The maximum atomic E-state index is 10.6. The summed E-state index contributed by atoms with van der Waals surface area (Å²) in [7, 11) is -1.23. The van der Waals surface area contributed by atoms with E-state index in [1.165, 1.54) is 57.4 Å². The fraction of sp³-hybridized carbons (Fsp3) is 0.933. The minimum atomic E-state index is -1.23. The molecule has 0 aromatic rings. The molecular weight excluding hydrogens is 240 g/mol. The van der Waals surface area contributed by atoms with E-state index in [4.69, 9.17) is 5.11 Å². The van der Waals surface area contributed by atoms with E-state index in [0.29, 0.717) is 6.42 Å². The van der Waals surface area contributed by atoms with E-state index in [-0.39, 0.29) is 0 Å². The normalized spacial score (nSPS) is 11.7. The van der Waals surface area contributed by atoms with Gasteiger partial charge in [0.2, 0.25) is 0 Å². The number of carboxylic acids is 1. The summed E-state index contributed by atoms with van der Waals surface area (Å²) in [6.07, 6.45) is 11.3. The third-order valence-corrected chi connectivity index (χ3v) is 7.03. The summed E-state index contributed by atoms with van der Waals surface area (Å²) in [5.74, 6) is -0.633. The van der Waals surface area contributed by atoms with Crippen LogP contribution in [0.15, 0.2) is 0 Å². The van der Waals surface area contributed by atoms with Gasteiger partial charge in [-0.1, -0.05) is 77.4 Å². The smallest absolute Gasteiger partial charge is 0.303 e. The molecule has 0 aliphatic carbocycles. The van der Waals surface area contributed by atoms with Crippen molar-refractivity contribution < 1.29 is 9.90 Å². The molecule has 0 fully saturated rings. The van der Waals surface area contributed by atoms with Crippen LogP contribution in [0, 0.1) is 0 Å². The molecule has 0 aliphatic heterocycles. The number of carboxylic acid groups (broad SMARTS) is 1. The first kappa shape index (κ1) is 17.7. The Hall–Kier alpha value is -0.313. The van der Waals surface area contributed by atoms with Gasteiger partial charge in [-0.15, -0.1) is 0 Å². The first-order valence-corrected chi connectivity index (χ1v) is 11.1. The van der Waals surface area contributed by atoms with Crippen LogP contribution in [-0.2, 0) is 4.79 Å². The van der Waals surface area contributed by atoms with E-state index in [9.17, 15) is 4.79 Å². The molecule has 1 N–H and O–H groups in total. The van der Waals surface area contributed by atoms with Crippen LogP contribution in [0.25, 0.3) is 0 Å². The van der Waals surface area contributed by atoms with Crippen LogP contribution in [0.3, 0.4) is 0 Å². The second kappa shape index (κ2) is 10.6. The molecule has 0 amide bonds. The van der Waals surface area contributed by atoms with E-state index in [1.807, 2.05) is 0 Å². The molecule has 3 heteroatoms. The maximum Gasteiger partial charge on any atom is 0.303 e. The molecule has 108 valence electrons. The van der Waals surface area contributed by atoms with Crippen molar-refractivity contribution in [3.8, 4) is 0 Å². The van der Waals surface area contributed by atoms with Crippen molar-refractivity contribution in [1.82, 2.24) is 0 Å². The molecule has 0 unspecified atom stereocenters. The van der Waals surface area contributed by atoms with Crippen LogP contribution in [0.1, 0.15) is 64.7 Å². The van der Waals surface area contributed by atoms with Gasteiger partial charge in [-0.05, 0) is 6.04 Å². The zero-order valence-corrected chi connectivity index (χ0v) is 13.6. The van der Waals surface area contributed by atoms with Gasteiger partial charge in [-0.3, -0.25) is 4.79 Å². The summed E-state index contributed by atoms with van der Waals surface area (Å²) in [6, 6.07) is 2.24. The maximum absolute atomic E-state index is 10.6. The van der Waals surface area contributed by atoms with E-state index in [1.54, 1.807) is 0 Å². The second-order valence-electron chi connectivity index (χ2n) is 6.28. The summed E-state index contributed by atoms with van der Waals surface area (Å²) in [4.78, 5) is 10.6. The van der Waals surface area contributed by atoms with Crippen molar-refractivity contribution in [3.05, 3.63) is 0 Å². The van der Waals surface area contributed by atoms with Crippen molar-refractivity contribution in [1.29, 1.82) is 0 Å². The summed E-state index contributed by atoms with van der Waals surface area (Å²) in [6.45, 7) is 6.91. The Bertz CT molecular complexity index is 215. The second-order valence-corrected chi connectivity index (χ2v) is 11.6. The Balaban J connectivity index is 3.38. The Morgan fingerprint density at radius 2 is 1.39 bits per heavy atom. The van der Waals surface area contributed by atoms with Crippen LogP contribution >= 0.6 is 0 Å². The lowest BCUT2D eigenvalue weighted by atomic mass is 10.1. The predicted octanol–water partition coefficient (Wildman–Crippen LogP) is 5.31. The third-order valence-electron chi connectivity index (χ3n) is 3.72. The average molecular weight is 273 g/mol. The number of carbonyl (C=O) groups is 1. The fourth-order valence-electron chi connectivity index (χ4n) is 2.31. The van der Waals surface area contributed by atoms with Crippen LogP contribution < -0.4 is 0 Å². The monoisotopic (exact) mass is 272 g/mol. The molecule has 0 heterocycles. The van der Waals surface area contributed by atoms with E-state index in [0.717, 1.165) is 6.04 Å².